The summed E-state index contributed by atoms with van der Waals surface area (Å²) < 4.78 is 11.2. The van der Waals surface area contributed by atoms with E-state index >= 15 is 0 Å². The molecule has 0 aliphatic carbocycles. The van der Waals surface area contributed by atoms with Gasteiger partial charge in [0.05, 0.1) is 19.3 Å². The lowest BCUT2D eigenvalue weighted by Crippen LogP contribution is -2.20. The summed E-state index contributed by atoms with van der Waals surface area (Å²) in [4.78, 5) is 0. The highest BCUT2D eigenvalue weighted by molar-refractivity contribution is 5.40. The van der Waals surface area contributed by atoms with E-state index in [0.29, 0.717) is 13.2 Å². The molecule has 110 valence electrons. The number of rotatable bonds is 4. The van der Waals surface area contributed by atoms with Gasteiger partial charge in [0.15, 0.2) is 0 Å². The summed E-state index contributed by atoms with van der Waals surface area (Å²) in [5.41, 5.74) is 1.97. The highest BCUT2D eigenvalue weighted by Gasteiger charge is 2.28. The van der Waals surface area contributed by atoms with Gasteiger partial charge in [0.2, 0.25) is 0 Å². The molecule has 3 rings (SSSR count). The van der Waals surface area contributed by atoms with Crippen LogP contribution in [-0.4, -0.2) is 18.3 Å². The van der Waals surface area contributed by atoms with Crippen molar-refractivity contribution >= 4 is 0 Å². The molecule has 0 aromatic heterocycles. The normalized spacial score (nSPS) is 18.5. The van der Waals surface area contributed by atoms with Gasteiger partial charge >= 0.3 is 0 Å². The molecule has 0 radical (unpaired) electrons. The van der Waals surface area contributed by atoms with E-state index in [1.54, 1.807) is 0 Å². The summed E-state index contributed by atoms with van der Waals surface area (Å²) in [6.07, 6.45) is 0.271. The van der Waals surface area contributed by atoms with Crippen molar-refractivity contribution < 1.29 is 14.6 Å². The van der Waals surface area contributed by atoms with Crippen LogP contribution in [0.25, 0.3) is 0 Å². The van der Waals surface area contributed by atoms with Crippen molar-refractivity contribution in [1.29, 1.82) is 0 Å². The van der Waals surface area contributed by atoms with E-state index in [4.69, 9.17) is 9.47 Å². The number of hydrogen-bond acceptors (Lipinski definition) is 3. The van der Waals surface area contributed by atoms with Crippen molar-refractivity contribution in [2.24, 2.45) is 0 Å². The zero-order valence-corrected chi connectivity index (χ0v) is 12.2. The third-order valence-corrected chi connectivity index (χ3v) is 3.90. The quantitative estimate of drug-likeness (QED) is 0.930. The maximum atomic E-state index is 10.8. The zero-order valence-electron chi connectivity index (χ0n) is 12.2. The number of benzene rings is 2. The van der Waals surface area contributed by atoms with Gasteiger partial charge in [0.25, 0.3) is 0 Å². The number of ether oxygens (including phenoxy) is 2. The molecule has 2 aromatic carbocycles. The van der Waals surface area contributed by atoms with Crippen molar-refractivity contribution in [3.8, 4) is 11.5 Å². The molecule has 0 fully saturated rings. The molecule has 1 aliphatic rings. The van der Waals surface area contributed by atoms with E-state index in [-0.39, 0.29) is 5.92 Å². The molecule has 1 heterocycles. The van der Waals surface area contributed by atoms with E-state index in [1.807, 2.05) is 55.5 Å². The lowest BCUT2D eigenvalue weighted by atomic mass is 9.85. The lowest BCUT2D eigenvalue weighted by molar-refractivity contribution is 0.117. The Labute approximate surface area is 125 Å². The van der Waals surface area contributed by atoms with Gasteiger partial charge in [0.1, 0.15) is 11.5 Å². The second-order valence-electron chi connectivity index (χ2n) is 5.23. The molecule has 2 unspecified atom stereocenters. The first-order valence-electron chi connectivity index (χ1n) is 7.42. The van der Waals surface area contributed by atoms with Gasteiger partial charge in [-0.3, -0.25) is 0 Å². The van der Waals surface area contributed by atoms with Crippen LogP contribution in [0.4, 0.5) is 0 Å². The summed E-state index contributed by atoms with van der Waals surface area (Å²) in [7, 11) is 0. The predicted molar refractivity (Wildman–Crippen MR) is 81.9 cm³/mol. The van der Waals surface area contributed by atoms with Crippen molar-refractivity contribution in [3.05, 3.63) is 59.7 Å². The van der Waals surface area contributed by atoms with Crippen LogP contribution in [0.1, 0.15) is 36.5 Å². The van der Waals surface area contributed by atoms with Gasteiger partial charge in [-0.05, 0) is 37.1 Å². The maximum absolute atomic E-state index is 10.8. The smallest absolute Gasteiger partial charge is 0.122 e. The average Bonchev–Trinajstić information content (AvgIpc) is 2.54. The molecule has 0 bridgehead atoms. The van der Waals surface area contributed by atoms with E-state index < -0.39 is 6.10 Å². The molecule has 21 heavy (non-hydrogen) atoms. The summed E-state index contributed by atoms with van der Waals surface area (Å²) in [5, 5.41) is 10.8. The fourth-order valence-electron chi connectivity index (χ4n) is 2.88. The van der Waals surface area contributed by atoms with E-state index in [9.17, 15) is 5.11 Å². The molecule has 1 N–H and O–H groups in total. The van der Waals surface area contributed by atoms with Crippen LogP contribution in [-0.2, 0) is 0 Å². The highest BCUT2D eigenvalue weighted by atomic mass is 16.5. The minimum Gasteiger partial charge on any atom is -0.494 e. The number of fused-ring (bicyclic) bond motifs is 1. The van der Waals surface area contributed by atoms with Crippen LogP contribution in [0.15, 0.2) is 48.5 Å². The van der Waals surface area contributed by atoms with Gasteiger partial charge in [0, 0.05) is 11.5 Å². The predicted octanol–water partition coefficient (Wildman–Crippen LogP) is 3.69. The largest absolute Gasteiger partial charge is 0.494 e. The van der Waals surface area contributed by atoms with Crippen LogP contribution in [0.5, 0.6) is 11.5 Å². The molecular weight excluding hydrogens is 264 g/mol. The molecule has 3 nitrogen and oxygen atoms in total. The van der Waals surface area contributed by atoms with Gasteiger partial charge in [-0.2, -0.15) is 0 Å². The first-order valence-corrected chi connectivity index (χ1v) is 7.42. The Hall–Kier alpha value is -2.00. The van der Waals surface area contributed by atoms with Crippen molar-refractivity contribution in [1.82, 2.24) is 0 Å². The van der Waals surface area contributed by atoms with E-state index in [2.05, 4.69) is 0 Å². The van der Waals surface area contributed by atoms with Gasteiger partial charge in [-0.1, -0.05) is 30.3 Å². The fourth-order valence-corrected chi connectivity index (χ4v) is 2.88. The number of para-hydroxylation sites is 1. The zero-order chi connectivity index (χ0) is 14.7. The Bertz CT molecular complexity index is 609. The molecule has 1 aliphatic heterocycles. The van der Waals surface area contributed by atoms with Crippen LogP contribution >= 0.6 is 0 Å². The summed E-state index contributed by atoms with van der Waals surface area (Å²) >= 11 is 0. The van der Waals surface area contributed by atoms with E-state index in [0.717, 1.165) is 29.0 Å². The number of aliphatic hydroxyl groups is 1. The SMILES string of the molecule is CCOc1cccc(C(O)C2CCOc3ccccc32)c1. The molecule has 0 saturated heterocycles. The van der Waals surface area contributed by atoms with Crippen molar-refractivity contribution in [2.45, 2.75) is 25.4 Å². The Morgan fingerprint density at radius 1 is 1.24 bits per heavy atom. The molecule has 0 saturated carbocycles. The Morgan fingerprint density at radius 3 is 2.95 bits per heavy atom. The lowest BCUT2D eigenvalue weighted by Gasteiger charge is -2.29. The monoisotopic (exact) mass is 284 g/mol. The Balaban J connectivity index is 1.89. The minimum atomic E-state index is -0.546. The van der Waals surface area contributed by atoms with E-state index in [1.165, 1.54) is 0 Å². The third kappa shape index (κ3) is 2.88. The maximum Gasteiger partial charge on any atom is 0.122 e. The minimum absolute atomic E-state index is 0.0619. The average molecular weight is 284 g/mol. The van der Waals surface area contributed by atoms with Crippen LogP contribution in [0, 0.1) is 0 Å². The standard InChI is InChI=1S/C18H20O3/c1-2-20-14-7-5-6-13(12-14)18(19)16-10-11-21-17-9-4-3-8-15(16)17/h3-9,12,16,18-19H,2,10-11H2,1H3. The molecular formula is C18H20O3. The first-order chi connectivity index (χ1) is 10.3. The van der Waals surface area contributed by atoms with Crippen LogP contribution in [0.2, 0.25) is 0 Å². The number of hydrogen-bond donors (Lipinski definition) is 1. The van der Waals surface area contributed by atoms with Crippen LogP contribution < -0.4 is 9.47 Å². The van der Waals surface area contributed by atoms with Gasteiger partial charge in [-0.25, -0.2) is 0 Å². The van der Waals surface area contributed by atoms with Crippen molar-refractivity contribution in [3.63, 3.8) is 0 Å². The summed E-state index contributed by atoms with van der Waals surface area (Å²) in [6.45, 7) is 3.22. The molecule has 3 heteroatoms. The second kappa shape index (κ2) is 6.19. The molecule has 2 atom stereocenters. The number of aliphatic hydroxyl groups excluding tert-OH is 1. The molecule has 2 aromatic rings. The highest BCUT2D eigenvalue weighted by Crippen LogP contribution is 2.41. The molecule has 0 amide bonds. The van der Waals surface area contributed by atoms with Gasteiger partial charge < -0.3 is 14.6 Å². The Kier molecular flexibility index (Phi) is 4.11. The van der Waals surface area contributed by atoms with Gasteiger partial charge in [-0.15, -0.1) is 0 Å². The first kappa shape index (κ1) is 14.0. The summed E-state index contributed by atoms with van der Waals surface area (Å²) in [5.74, 6) is 1.75. The fraction of sp³-hybridized carbons (Fsp3) is 0.333. The van der Waals surface area contributed by atoms with Crippen LogP contribution in [0.3, 0.4) is 0 Å². The third-order valence-electron chi connectivity index (χ3n) is 3.90. The Morgan fingerprint density at radius 2 is 2.10 bits per heavy atom. The topological polar surface area (TPSA) is 38.7 Å². The second-order valence-corrected chi connectivity index (χ2v) is 5.23. The molecule has 0 spiro atoms. The summed E-state index contributed by atoms with van der Waals surface area (Å²) in [6, 6.07) is 15.7. The van der Waals surface area contributed by atoms with Crippen molar-refractivity contribution in [2.75, 3.05) is 13.2 Å².